The topological polar surface area (TPSA) is 63.4 Å². The minimum absolute atomic E-state index is 0.104. The highest BCUT2D eigenvalue weighted by atomic mass is 32.2. The third-order valence-corrected chi connectivity index (χ3v) is 5.26. The minimum atomic E-state index is -3.39. The van der Waals surface area contributed by atoms with Gasteiger partial charge in [-0.1, -0.05) is 19.1 Å². The molecule has 0 aliphatic carbocycles. The molecule has 0 aliphatic rings. The first-order valence-corrected chi connectivity index (χ1v) is 7.31. The lowest BCUT2D eigenvalue weighted by atomic mass is 10.2. The molecule has 1 unspecified atom stereocenters. The van der Waals surface area contributed by atoms with Crippen LogP contribution in [0.15, 0.2) is 24.3 Å². The van der Waals surface area contributed by atoms with Crippen LogP contribution in [0.3, 0.4) is 0 Å². The second-order valence-corrected chi connectivity index (χ2v) is 6.51. The fourth-order valence-corrected chi connectivity index (χ4v) is 3.19. The third kappa shape index (κ3) is 3.51. The van der Waals surface area contributed by atoms with Crippen molar-refractivity contribution in [1.29, 1.82) is 0 Å². The van der Waals surface area contributed by atoms with Crippen LogP contribution in [0.5, 0.6) is 0 Å². The Hall–Kier alpha value is -0.980. The van der Waals surface area contributed by atoms with Crippen molar-refractivity contribution in [1.82, 2.24) is 4.31 Å². The average molecular weight is 274 g/mol. The van der Waals surface area contributed by atoms with Gasteiger partial charge in [-0.2, -0.15) is 0 Å². The number of rotatable bonds is 6. The van der Waals surface area contributed by atoms with Gasteiger partial charge in [0.1, 0.15) is 5.82 Å². The van der Waals surface area contributed by atoms with Crippen molar-refractivity contribution in [3.63, 3.8) is 0 Å². The monoisotopic (exact) mass is 274 g/mol. The van der Waals surface area contributed by atoms with Crippen LogP contribution >= 0.6 is 0 Å². The van der Waals surface area contributed by atoms with Crippen LogP contribution in [0, 0.1) is 5.82 Å². The lowest BCUT2D eigenvalue weighted by Gasteiger charge is -2.22. The van der Waals surface area contributed by atoms with Gasteiger partial charge in [0.2, 0.25) is 10.0 Å². The molecule has 0 spiro atoms. The Morgan fingerprint density at radius 1 is 1.33 bits per heavy atom. The van der Waals surface area contributed by atoms with E-state index in [4.69, 9.17) is 5.73 Å². The predicted octanol–water partition coefficient (Wildman–Crippen LogP) is 1.32. The summed E-state index contributed by atoms with van der Waals surface area (Å²) in [6.07, 6.45) is 0.479. The maximum Gasteiger partial charge on any atom is 0.218 e. The summed E-state index contributed by atoms with van der Waals surface area (Å²) in [5.74, 6) is -0.336. The van der Waals surface area contributed by atoms with E-state index >= 15 is 0 Å². The van der Waals surface area contributed by atoms with Crippen molar-refractivity contribution in [2.45, 2.75) is 25.1 Å². The summed E-state index contributed by atoms with van der Waals surface area (Å²) < 4.78 is 38.3. The van der Waals surface area contributed by atoms with Gasteiger partial charge in [0, 0.05) is 20.1 Å². The van der Waals surface area contributed by atoms with Crippen molar-refractivity contribution < 1.29 is 12.8 Å². The summed E-state index contributed by atoms with van der Waals surface area (Å²) in [4.78, 5) is 0. The fourth-order valence-electron chi connectivity index (χ4n) is 1.69. The van der Waals surface area contributed by atoms with Gasteiger partial charge >= 0.3 is 0 Å². The average Bonchev–Trinajstić information content (AvgIpc) is 2.33. The van der Waals surface area contributed by atoms with Gasteiger partial charge in [0.05, 0.1) is 5.25 Å². The van der Waals surface area contributed by atoms with Crippen LogP contribution in [0.1, 0.15) is 18.9 Å². The number of hydrogen-bond donors (Lipinski definition) is 1. The summed E-state index contributed by atoms with van der Waals surface area (Å²) >= 11 is 0. The SMILES string of the molecule is CCC(CN)S(=O)(=O)N(C)Cc1ccc(F)cc1. The number of sulfonamides is 1. The molecule has 0 saturated heterocycles. The van der Waals surface area contributed by atoms with E-state index < -0.39 is 15.3 Å². The molecule has 0 heterocycles. The van der Waals surface area contributed by atoms with Crippen LogP contribution in [0.4, 0.5) is 4.39 Å². The Morgan fingerprint density at radius 2 is 1.89 bits per heavy atom. The zero-order chi connectivity index (χ0) is 13.8. The molecule has 1 rings (SSSR count). The van der Waals surface area contributed by atoms with Crippen molar-refractivity contribution in [2.24, 2.45) is 5.73 Å². The number of nitrogens with zero attached hydrogens (tertiary/aromatic N) is 1. The summed E-state index contributed by atoms with van der Waals surface area (Å²) in [6.45, 7) is 2.12. The lowest BCUT2D eigenvalue weighted by molar-refractivity contribution is 0.453. The molecule has 1 aromatic carbocycles. The van der Waals surface area contributed by atoms with E-state index in [-0.39, 0.29) is 18.9 Å². The lowest BCUT2D eigenvalue weighted by Crippen LogP contribution is -2.39. The van der Waals surface area contributed by atoms with Crippen molar-refractivity contribution in [2.75, 3.05) is 13.6 Å². The Bertz CT molecular complexity index is 469. The van der Waals surface area contributed by atoms with Gasteiger partial charge in [-0.15, -0.1) is 0 Å². The molecule has 0 saturated carbocycles. The first-order chi connectivity index (χ1) is 8.41. The van der Waals surface area contributed by atoms with Gasteiger partial charge in [-0.25, -0.2) is 17.1 Å². The largest absolute Gasteiger partial charge is 0.329 e. The van der Waals surface area contributed by atoms with Gasteiger partial charge in [-0.05, 0) is 24.1 Å². The third-order valence-electron chi connectivity index (χ3n) is 2.89. The van der Waals surface area contributed by atoms with E-state index in [0.717, 1.165) is 5.56 Å². The van der Waals surface area contributed by atoms with Gasteiger partial charge in [0.25, 0.3) is 0 Å². The number of benzene rings is 1. The first-order valence-electron chi connectivity index (χ1n) is 5.81. The van der Waals surface area contributed by atoms with Gasteiger partial charge in [0.15, 0.2) is 0 Å². The maximum atomic E-state index is 12.7. The Balaban J connectivity index is 2.81. The van der Waals surface area contributed by atoms with E-state index in [0.29, 0.717) is 6.42 Å². The molecule has 0 aromatic heterocycles. The summed E-state index contributed by atoms with van der Waals surface area (Å²) in [5.41, 5.74) is 6.21. The summed E-state index contributed by atoms with van der Waals surface area (Å²) in [7, 11) is -1.88. The molecule has 0 fully saturated rings. The highest BCUT2D eigenvalue weighted by Crippen LogP contribution is 2.14. The molecule has 18 heavy (non-hydrogen) atoms. The molecular formula is C12H19FN2O2S. The predicted molar refractivity (Wildman–Crippen MR) is 69.9 cm³/mol. The van der Waals surface area contributed by atoms with E-state index in [1.165, 1.54) is 23.5 Å². The van der Waals surface area contributed by atoms with Crippen molar-refractivity contribution >= 4 is 10.0 Å². The summed E-state index contributed by atoms with van der Waals surface area (Å²) in [6, 6.07) is 5.78. The summed E-state index contributed by atoms with van der Waals surface area (Å²) in [5, 5.41) is -0.567. The van der Waals surface area contributed by atoms with E-state index in [1.807, 2.05) is 0 Å². The molecular weight excluding hydrogens is 255 g/mol. The number of nitrogens with two attached hydrogens (primary N) is 1. The van der Waals surface area contributed by atoms with Crippen molar-refractivity contribution in [3.8, 4) is 0 Å². The number of hydrogen-bond acceptors (Lipinski definition) is 3. The van der Waals surface area contributed by atoms with E-state index in [2.05, 4.69) is 0 Å². The molecule has 0 amide bonds. The van der Waals surface area contributed by atoms with Crippen LogP contribution in [0.2, 0.25) is 0 Å². The zero-order valence-electron chi connectivity index (χ0n) is 10.6. The molecule has 0 bridgehead atoms. The Kier molecular flexibility index (Phi) is 5.25. The second-order valence-electron chi connectivity index (χ2n) is 4.19. The molecule has 102 valence electrons. The molecule has 2 N–H and O–H groups in total. The van der Waals surface area contributed by atoms with Crippen molar-refractivity contribution in [3.05, 3.63) is 35.6 Å². The zero-order valence-corrected chi connectivity index (χ0v) is 11.5. The smallest absolute Gasteiger partial charge is 0.218 e. The molecule has 0 aliphatic heterocycles. The fraction of sp³-hybridized carbons (Fsp3) is 0.500. The highest BCUT2D eigenvalue weighted by Gasteiger charge is 2.27. The van der Waals surface area contributed by atoms with E-state index in [1.54, 1.807) is 19.1 Å². The Labute approximate surface area is 108 Å². The number of halogens is 1. The van der Waals surface area contributed by atoms with Crippen LogP contribution in [-0.2, 0) is 16.6 Å². The first kappa shape index (κ1) is 15.1. The minimum Gasteiger partial charge on any atom is -0.329 e. The van der Waals surface area contributed by atoms with Gasteiger partial charge in [-0.3, -0.25) is 0 Å². The molecule has 1 aromatic rings. The highest BCUT2D eigenvalue weighted by molar-refractivity contribution is 7.89. The quantitative estimate of drug-likeness (QED) is 0.851. The van der Waals surface area contributed by atoms with Crippen LogP contribution < -0.4 is 5.73 Å². The maximum absolute atomic E-state index is 12.7. The molecule has 6 heteroatoms. The normalized spacial score (nSPS) is 13.8. The van der Waals surface area contributed by atoms with Gasteiger partial charge < -0.3 is 5.73 Å². The van der Waals surface area contributed by atoms with E-state index in [9.17, 15) is 12.8 Å². The Morgan fingerprint density at radius 3 is 2.33 bits per heavy atom. The molecule has 4 nitrogen and oxygen atoms in total. The standard InChI is InChI=1S/C12H19FN2O2S/c1-3-12(8-14)18(16,17)15(2)9-10-4-6-11(13)7-5-10/h4-7,12H,3,8-9,14H2,1-2H3. The van der Waals surface area contributed by atoms with Crippen LogP contribution in [0.25, 0.3) is 0 Å². The molecule has 0 radical (unpaired) electrons. The van der Waals surface area contributed by atoms with Crippen LogP contribution in [-0.4, -0.2) is 31.6 Å². The second kappa shape index (κ2) is 6.26. The molecule has 1 atom stereocenters.